The van der Waals surface area contributed by atoms with Crippen LogP contribution in [0.4, 0.5) is 15.9 Å². The maximum atomic E-state index is 13.8. The number of hydrogen-bond acceptors (Lipinski definition) is 5. The first-order chi connectivity index (χ1) is 12.8. The molecule has 0 aliphatic carbocycles. The minimum absolute atomic E-state index is 0.147. The lowest BCUT2D eigenvalue weighted by Gasteiger charge is -2.03. The number of carbonyl (C=O) groups is 1. The van der Waals surface area contributed by atoms with Crippen molar-refractivity contribution >= 4 is 33.3 Å². The van der Waals surface area contributed by atoms with Gasteiger partial charge in [0.1, 0.15) is 11.5 Å². The largest absolute Gasteiger partial charge is 0.322 e. The smallest absolute Gasteiger partial charge is 0.302 e. The van der Waals surface area contributed by atoms with Gasteiger partial charge in [-0.15, -0.1) is 0 Å². The number of benzene rings is 1. The van der Waals surface area contributed by atoms with Gasteiger partial charge in [-0.05, 0) is 28.9 Å². The highest BCUT2D eigenvalue weighted by atomic mass is 79.9. The molecule has 0 fully saturated rings. The van der Waals surface area contributed by atoms with Gasteiger partial charge in [0.2, 0.25) is 5.69 Å². The lowest BCUT2D eigenvalue weighted by molar-refractivity contribution is -0.385. The zero-order valence-corrected chi connectivity index (χ0v) is 15.9. The average molecular weight is 437 g/mol. The summed E-state index contributed by atoms with van der Waals surface area (Å²) < 4.78 is 16.9. The average Bonchev–Trinajstić information content (AvgIpc) is 3.10. The van der Waals surface area contributed by atoms with E-state index in [9.17, 15) is 19.3 Å². The molecule has 3 aromatic rings. The fourth-order valence-electron chi connectivity index (χ4n) is 2.50. The number of aryl methyl sites for hydroxylation is 1. The molecule has 0 spiro atoms. The van der Waals surface area contributed by atoms with E-state index < -0.39 is 10.8 Å². The van der Waals surface area contributed by atoms with E-state index in [0.29, 0.717) is 10.0 Å². The van der Waals surface area contributed by atoms with Gasteiger partial charge >= 0.3 is 5.69 Å². The topological polar surface area (TPSA) is 108 Å². The highest BCUT2D eigenvalue weighted by Crippen LogP contribution is 2.25. The fraction of sp³-hybridized carbons (Fsp3) is 0.188. The van der Waals surface area contributed by atoms with Gasteiger partial charge in [0.25, 0.3) is 5.91 Å². The molecular formula is C16H14BrFN6O3. The third kappa shape index (κ3) is 3.72. The molecule has 0 saturated carbocycles. The van der Waals surface area contributed by atoms with Crippen molar-refractivity contribution in [3.8, 4) is 0 Å². The maximum absolute atomic E-state index is 13.8. The Hall–Kier alpha value is -3.08. The Balaban J connectivity index is 1.84. The minimum Gasteiger partial charge on any atom is -0.302 e. The van der Waals surface area contributed by atoms with E-state index in [-0.39, 0.29) is 35.3 Å². The van der Waals surface area contributed by atoms with Crippen LogP contribution in [0.1, 0.15) is 21.7 Å². The molecule has 1 amide bonds. The molecule has 0 atom stereocenters. The van der Waals surface area contributed by atoms with Gasteiger partial charge in [0.15, 0.2) is 5.82 Å². The summed E-state index contributed by atoms with van der Waals surface area (Å²) >= 11 is 3.27. The number of aromatic nitrogens is 4. The van der Waals surface area contributed by atoms with Crippen LogP contribution < -0.4 is 5.32 Å². The summed E-state index contributed by atoms with van der Waals surface area (Å²) in [6.45, 7) is 1.66. The summed E-state index contributed by atoms with van der Waals surface area (Å²) in [6.07, 6.45) is 1.57. The Kier molecular flexibility index (Phi) is 5.04. The van der Waals surface area contributed by atoms with E-state index >= 15 is 0 Å². The lowest BCUT2D eigenvalue weighted by atomic mass is 10.2. The third-order valence-corrected chi connectivity index (χ3v) is 4.52. The van der Waals surface area contributed by atoms with E-state index in [0.717, 1.165) is 0 Å². The first-order valence-corrected chi connectivity index (χ1v) is 8.53. The molecule has 0 saturated heterocycles. The minimum atomic E-state index is -0.762. The number of amides is 1. The highest BCUT2D eigenvalue weighted by molar-refractivity contribution is 9.10. The predicted octanol–water partition coefficient (Wildman–Crippen LogP) is 3.04. The first kappa shape index (κ1) is 18.7. The SMILES string of the molecule is Cc1c([N+](=O)[O-])c(C(=O)Nc2nn(Cc3ccccc3F)cc2Br)nn1C. The molecule has 27 heavy (non-hydrogen) atoms. The second-order valence-corrected chi connectivity index (χ2v) is 6.59. The number of anilines is 1. The highest BCUT2D eigenvalue weighted by Gasteiger charge is 2.29. The van der Waals surface area contributed by atoms with Crippen molar-refractivity contribution in [3.05, 3.63) is 67.8 Å². The molecule has 140 valence electrons. The van der Waals surface area contributed by atoms with Crippen molar-refractivity contribution in [3.63, 3.8) is 0 Å². The van der Waals surface area contributed by atoms with Crippen LogP contribution in [0.25, 0.3) is 0 Å². The number of hydrogen-bond donors (Lipinski definition) is 1. The van der Waals surface area contributed by atoms with Gasteiger partial charge in [-0.3, -0.25) is 24.3 Å². The monoisotopic (exact) mass is 436 g/mol. The summed E-state index contributed by atoms with van der Waals surface area (Å²) in [5.41, 5.74) is 0.0168. The number of carbonyl (C=O) groups excluding carboxylic acids is 1. The van der Waals surface area contributed by atoms with Crippen molar-refractivity contribution < 1.29 is 14.1 Å². The molecule has 1 N–H and O–H groups in total. The number of nitro groups is 1. The zero-order valence-electron chi connectivity index (χ0n) is 14.3. The summed E-state index contributed by atoms with van der Waals surface area (Å²) in [5.74, 6) is -0.981. The molecule has 0 aliphatic rings. The van der Waals surface area contributed by atoms with Crippen LogP contribution in [0.15, 0.2) is 34.9 Å². The van der Waals surface area contributed by atoms with Crippen molar-refractivity contribution in [1.29, 1.82) is 0 Å². The standard InChI is InChI=1S/C16H14BrFN6O3/c1-9-14(24(26)27)13(20-22(9)2)16(25)19-15-11(17)8-23(21-15)7-10-5-3-4-6-12(10)18/h3-6,8H,7H2,1-2H3,(H,19,21,25). The molecule has 2 heterocycles. The fourth-order valence-corrected chi connectivity index (χ4v) is 2.91. The number of nitrogens with zero attached hydrogens (tertiary/aromatic N) is 5. The van der Waals surface area contributed by atoms with Crippen molar-refractivity contribution in [2.75, 3.05) is 5.32 Å². The predicted molar refractivity (Wildman–Crippen MR) is 98.0 cm³/mol. The molecule has 9 nitrogen and oxygen atoms in total. The molecule has 3 rings (SSSR count). The number of halogens is 2. The summed E-state index contributed by atoms with van der Waals surface area (Å²) in [4.78, 5) is 23.0. The second kappa shape index (κ2) is 7.27. The maximum Gasteiger partial charge on any atom is 0.322 e. The number of nitrogens with one attached hydrogen (secondary N) is 1. The summed E-state index contributed by atoms with van der Waals surface area (Å²) in [6, 6.07) is 6.27. The Morgan fingerprint density at radius 3 is 2.74 bits per heavy atom. The Morgan fingerprint density at radius 2 is 2.07 bits per heavy atom. The molecule has 11 heteroatoms. The summed E-state index contributed by atoms with van der Waals surface area (Å²) in [5, 5.41) is 21.8. The Morgan fingerprint density at radius 1 is 1.37 bits per heavy atom. The van der Waals surface area contributed by atoms with Crippen LogP contribution in [-0.2, 0) is 13.6 Å². The molecule has 0 aliphatic heterocycles. The van der Waals surface area contributed by atoms with Gasteiger partial charge in [-0.2, -0.15) is 10.2 Å². The van der Waals surface area contributed by atoms with Gasteiger partial charge in [0.05, 0.1) is 15.9 Å². The molecule has 0 bridgehead atoms. The number of rotatable bonds is 5. The van der Waals surface area contributed by atoms with Crippen molar-refractivity contribution in [2.45, 2.75) is 13.5 Å². The zero-order chi connectivity index (χ0) is 19.7. The van der Waals surface area contributed by atoms with Gasteiger partial charge in [-0.25, -0.2) is 4.39 Å². The van der Waals surface area contributed by atoms with Crippen LogP contribution in [0.2, 0.25) is 0 Å². The van der Waals surface area contributed by atoms with Crippen LogP contribution in [0.3, 0.4) is 0 Å². The third-order valence-electron chi connectivity index (χ3n) is 3.94. The molecule has 0 radical (unpaired) electrons. The molecule has 0 unspecified atom stereocenters. The lowest BCUT2D eigenvalue weighted by Crippen LogP contribution is -2.15. The quantitative estimate of drug-likeness (QED) is 0.488. The van der Waals surface area contributed by atoms with E-state index in [1.807, 2.05) is 0 Å². The molecular weight excluding hydrogens is 423 g/mol. The van der Waals surface area contributed by atoms with E-state index in [4.69, 9.17) is 0 Å². The summed E-state index contributed by atoms with van der Waals surface area (Å²) in [7, 11) is 1.51. The van der Waals surface area contributed by atoms with Crippen molar-refractivity contribution in [1.82, 2.24) is 19.6 Å². The van der Waals surface area contributed by atoms with Crippen LogP contribution in [0.5, 0.6) is 0 Å². The van der Waals surface area contributed by atoms with Crippen LogP contribution in [0, 0.1) is 22.9 Å². The molecule has 1 aromatic carbocycles. The van der Waals surface area contributed by atoms with E-state index in [1.165, 1.54) is 29.4 Å². The normalized spacial score (nSPS) is 10.8. The van der Waals surface area contributed by atoms with Crippen LogP contribution >= 0.6 is 15.9 Å². The Labute approximate surface area is 161 Å². The van der Waals surface area contributed by atoms with Crippen LogP contribution in [-0.4, -0.2) is 30.4 Å². The second-order valence-electron chi connectivity index (χ2n) is 5.73. The van der Waals surface area contributed by atoms with Crippen molar-refractivity contribution in [2.24, 2.45) is 7.05 Å². The van der Waals surface area contributed by atoms with E-state index in [1.54, 1.807) is 24.4 Å². The molecule has 2 aromatic heterocycles. The van der Waals surface area contributed by atoms with E-state index in [2.05, 4.69) is 31.4 Å². The van der Waals surface area contributed by atoms with Gasteiger partial charge in [-0.1, -0.05) is 18.2 Å². The Bertz CT molecular complexity index is 1040. The first-order valence-electron chi connectivity index (χ1n) is 7.73. The van der Waals surface area contributed by atoms with Gasteiger partial charge < -0.3 is 5.32 Å². The van der Waals surface area contributed by atoms with Gasteiger partial charge in [0, 0.05) is 18.8 Å².